The minimum Gasteiger partial charge on any atom is -0.487 e. The van der Waals surface area contributed by atoms with E-state index in [9.17, 15) is 29.6 Å². The Kier molecular flexibility index (Phi) is 7.51. The smallest absolute Gasteiger partial charge is 0.323 e. The van der Waals surface area contributed by atoms with Gasteiger partial charge in [0.2, 0.25) is 0 Å². The van der Waals surface area contributed by atoms with Gasteiger partial charge in [0.25, 0.3) is 5.69 Å². The molecule has 0 fully saturated rings. The SMILES string of the molecule is CC1(C)CC(=O)C2=C(C1)N(CC(=O)O)C1=C(C(=O)CC(C)(C)C1)C2c1ccc(OCc2ccc([N+](=O)[O-])cc2)c(Cl)c1. The third kappa shape index (κ3) is 5.70. The van der Waals surface area contributed by atoms with Gasteiger partial charge in [0.1, 0.15) is 18.9 Å². The van der Waals surface area contributed by atoms with Crippen molar-refractivity contribution < 1.29 is 29.2 Å². The molecule has 10 heteroatoms. The number of nitro groups is 1. The number of Topliss-reactive ketones (excluding diaryl/α,β-unsaturated/α-hetero) is 2. The minimum atomic E-state index is -1.03. The molecule has 0 spiro atoms. The van der Waals surface area contributed by atoms with Crippen LogP contribution >= 0.6 is 11.6 Å². The molecule has 2 aromatic carbocycles. The van der Waals surface area contributed by atoms with E-state index in [0.29, 0.717) is 51.7 Å². The summed E-state index contributed by atoms with van der Waals surface area (Å²) in [6.07, 6.45) is 1.59. The lowest BCUT2D eigenvalue weighted by atomic mass is 9.63. The van der Waals surface area contributed by atoms with Gasteiger partial charge in [-0.15, -0.1) is 0 Å². The van der Waals surface area contributed by atoms with Crippen molar-refractivity contribution in [1.29, 1.82) is 0 Å². The number of allylic oxidation sites excluding steroid dienone is 4. The van der Waals surface area contributed by atoms with Crippen molar-refractivity contribution in [3.8, 4) is 5.75 Å². The Morgan fingerprint density at radius 2 is 1.52 bits per heavy atom. The number of ether oxygens (including phenoxy) is 1. The summed E-state index contributed by atoms with van der Waals surface area (Å²) in [5, 5.41) is 21.1. The van der Waals surface area contributed by atoms with E-state index in [1.807, 2.05) is 27.7 Å². The van der Waals surface area contributed by atoms with Crippen molar-refractivity contribution in [1.82, 2.24) is 4.90 Å². The Balaban J connectivity index is 1.56. The van der Waals surface area contributed by atoms with E-state index in [4.69, 9.17) is 16.3 Å². The maximum absolute atomic E-state index is 13.8. The van der Waals surface area contributed by atoms with Gasteiger partial charge in [-0.1, -0.05) is 45.4 Å². The van der Waals surface area contributed by atoms with E-state index < -0.39 is 16.8 Å². The number of non-ortho nitro benzene ring substituents is 1. The van der Waals surface area contributed by atoms with Crippen molar-refractivity contribution in [2.75, 3.05) is 6.54 Å². The molecule has 0 atom stereocenters. The maximum Gasteiger partial charge on any atom is 0.323 e. The number of nitro benzene ring substituents is 1. The third-order valence-corrected chi connectivity index (χ3v) is 8.44. The monoisotopic (exact) mass is 592 g/mol. The van der Waals surface area contributed by atoms with Crippen molar-refractivity contribution in [3.05, 3.63) is 91.3 Å². The standard InChI is InChI=1S/C32H33ClN2O7/c1-31(2)12-22-29(24(36)14-31)28(30-23(34(22)16-27(38)39)13-32(3,4)15-25(30)37)19-7-10-26(21(33)11-19)42-17-18-5-8-20(9-6-18)35(40)41/h5-11,28H,12-17H2,1-4H3,(H,38,39). The summed E-state index contributed by atoms with van der Waals surface area (Å²) in [7, 11) is 0. The lowest BCUT2D eigenvalue weighted by Crippen LogP contribution is -2.45. The highest BCUT2D eigenvalue weighted by molar-refractivity contribution is 6.32. The highest BCUT2D eigenvalue weighted by Crippen LogP contribution is 2.54. The molecule has 0 saturated heterocycles. The van der Waals surface area contributed by atoms with Crippen LogP contribution in [0, 0.1) is 20.9 Å². The number of carbonyl (C=O) groups is 3. The number of carboxylic acids is 1. The Labute approximate surface area is 248 Å². The van der Waals surface area contributed by atoms with Gasteiger partial charge in [0.15, 0.2) is 11.6 Å². The second-order valence-electron chi connectivity index (χ2n) is 12.9. The fraction of sp³-hybridized carbons (Fsp3) is 0.406. The first-order valence-electron chi connectivity index (χ1n) is 13.8. The van der Waals surface area contributed by atoms with Crippen LogP contribution in [0.15, 0.2) is 65.0 Å². The van der Waals surface area contributed by atoms with Gasteiger partial charge in [0.05, 0.1) is 9.95 Å². The number of ketones is 2. The fourth-order valence-corrected chi connectivity index (χ4v) is 6.64. The number of nitrogens with zero attached hydrogens (tertiary/aromatic N) is 2. The molecule has 0 saturated carbocycles. The van der Waals surface area contributed by atoms with Crippen LogP contribution in [0.1, 0.15) is 70.4 Å². The molecule has 1 N–H and O–H groups in total. The van der Waals surface area contributed by atoms with Crippen LogP contribution in [0.25, 0.3) is 0 Å². The van der Waals surface area contributed by atoms with Crippen LogP contribution in [0.2, 0.25) is 5.02 Å². The summed E-state index contributed by atoms with van der Waals surface area (Å²) >= 11 is 6.69. The number of carboxylic acid groups (broad SMARTS) is 1. The van der Waals surface area contributed by atoms with Crippen LogP contribution in [0.5, 0.6) is 5.75 Å². The molecule has 42 heavy (non-hydrogen) atoms. The molecule has 1 aliphatic heterocycles. The molecule has 3 aliphatic rings. The highest BCUT2D eigenvalue weighted by atomic mass is 35.5. The van der Waals surface area contributed by atoms with Crippen molar-refractivity contribution in [3.63, 3.8) is 0 Å². The van der Waals surface area contributed by atoms with Crippen molar-refractivity contribution >= 4 is 34.8 Å². The number of halogens is 1. The zero-order valence-corrected chi connectivity index (χ0v) is 24.8. The topological polar surface area (TPSA) is 127 Å². The summed E-state index contributed by atoms with van der Waals surface area (Å²) in [5.74, 6) is -1.50. The van der Waals surface area contributed by atoms with Crippen LogP contribution in [0.4, 0.5) is 5.69 Å². The molecule has 0 radical (unpaired) electrons. The van der Waals surface area contributed by atoms with E-state index in [2.05, 4.69) is 0 Å². The lowest BCUT2D eigenvalue weighted by molar-refractivity contribution is -0.384. The molecule has 0 bridgehead atoms. The molecule has 220 valence electrons. The van der Waals surface area contributed by atoms with E-state index in [0.717, 1.165) is 5.56 Å². The molecule has 0 aromatic heterocycles. The van der Waals surface area contributed by atoms with Crippen LogP contribution in [-0.4, -0.2) is 39.0 Å². The van der Waals surface area contributed by atoms with E-state index >= 15 is 0 Å². The van der Waals surface area contributed by atoms with E-state index in [1.54, 1.807) is 35.2 Å². The second-order valence-corrected chi connectivity index (χ2v) is 13.3. The van der Waals surface area contributed by atoms with Gasteiger partial charge in [0, 0.05) is 53.4 Å². The van der Waals surface area contributed by atoms with Gasteiger partial charge in [-0.3, -0.25) is 24.5 Å². The largest absolute Gasteiger partial charge is 0.487 e. The summed E-state index contributed by atoms with van der Waals surface area (Å²) in [4.78, 5) is 51.8. The number of carbonyl (C=O) groups excluding carboxylic acids is 2. The van der Waals surface area contributed by atoms with Gasteiger partial charge >= 0.3 is 5.97 Å². The van der Waals surface area contributed by atoms with Gasteiger partial charge < -0.3 is 14.7 Å². The molecule has 5 rings (SSSR count). The predicted octanol–water partition coefficient (Wildman–Crippen LogP) is 6.60. The molecule has 0 amide bonds. The molecule has 0 unspecified atom stereocenters. The van der Waals surface area contributed by atoms with Gasteiger partial charge in [-0.25, -0.2) is 0 Å². The van der Waals surface area contributed by atoms with Crippen molar-refractivity contribution in [2.45, 2.75) is 65.9 Å². The number of rotatable bonds is 7. The highest BCUT2D eigenvalue weighted by Gasteiger charge is 2.49. The lowest BCUT2D eigenvalue weighted by Gasteiger charge is -2.48. The number of benzene rings is 2. The summed E-state index contributed by atoms with van der Waals surface area (Å²) < 4.78 is 5.90. The minimum absolute atomic E-state index is 0.0146. The molecule has 2 aromatic rings. The Hall–Kier alpha value is -3.98. The van der Waals surface area contributed by atoms with Crippen LogP contribution in [-0.2, 0) is 21.0 Å². The third-order valence-electron chi connectivity index (χ3n) is 8.15. The Morgan fingerprint density at radius 1 is 0.976 bits per heavy atom. The molecule has 9 nitrogen and oxygen atoms in total. The summed E-state index contributed by atoms with van der Waals surface area (Å²) in [6.45, 7) is 7.80. The van der Waals surface area contributed by atoms with Gasteiger partial charge in [-0.05, 0) is 59.1 Å². The van der Waals surface area contributed by atoms with E-state index in [1.165, 1.54) is 12.1 Å². The Bertz CT molecular complexity index is 1520. The van der Waals surface area contributed by atoms with Crippen molar-refractivity contribution in [2.24, 2.45) is 10.8 Å². The second kappa shape index (κ2) is 10.7. The average molecular weight is 593 g/mol. The quantitative estimate of drug-likeness (QED) is 0.281. The number of hydrogen-bond donors (Lipinski definition) is 1. The number of aliphatic carboxylic acids is 1. The fourth-order valence-electron chi connectivity index (χ4n) is 6.40. The maximum atomic E-state index is 13.8. The summed E-state index contributed by atoms with van der Waals surface area (Å²) in [6, 6.07) is 11.2. The van der Waals surface area contributed by atoms with Crippen LogP contribution < -0.4 is 4.74 Å². The first-order chi connectivity index (χ1) is 19.7. The first-order valence-corrected chi connectivity index (χ1v) is 14.2. The Morgan fingerprint density at radius 3 is 2.00 bits per heavy atom. The first kappa shape index (κ1) is 29.5. The predicted molar refractivity (Wildman–Crippen MR) is 156 cm³/mol. The number of hydrogen-bond acceptors (Lipinski definition) is 7. The van der Waals surface area contributed by atoms with E-state index in [-0.39, 0.29) is 54.1 Å². The van der Waals surface area contributed by atoms with Gasteiger partial charge in [-0.2, -0.15) is 0 Å². The summed E-state index contributed by atoms with van der Waals surface area (Å²) in [5.41, 5.74) is 2.92. The van der Waals surface area contributed by atoms with Crippen LogP contribution in [0.3, 0.4) is 0 Å². The molecule has 2 aliphatic carbocycles. The average Bonchev–Trinajstić information content (AvgIpc) is 2.87. The molecular formula is C32H33ClN2O7. The zero-order valence-electron chi connectivity index (χ0n) is 24.0. The molecular weight excluding hydrogens is 560 g/mol. The zero-order chi connectivity index (χ0) is 30.6. The molecule has 1 heterocycles. The normalized spacial score (nSPS) is 19.9.